The maximum absolute atomic E-state index is 13.1. The molecule has 0 saturated carbocycles. The lowest BCUT2D eigenvalue weighted by molar-refractivity contribution is -0.211. The minimum Gasteiger partial charge on any atom is -0.448 e. The Morgan fingerprint density at radius 3 is 2.36 bits per heavy atom. The Labute approximate surface area is 255 Å². The number of imidazole rings is 1. The number of ether oxygens (including phenoxy) is 2. The number of alkyl halides is 3. The lowest BCUT2D eigenvalue weighted by Gasteiger charge is -2.23. The van der Waals surface area contributed by atoms with Crippen LogP contribution in [0.15, 0.2) is 67.0 Å². The number of aliphatic hydroxyl groups excluding tert-OH is 2. The molecule has 5 atom stereocenters. The molecule has 0 unspecified atom stereocenters. The summed E-state index contributed by atoms with van der Waals surface area (Å²) in [6, 6.07) is 19.7. The number of nitrogens with two attached hydrogens (primary N) is 1. The zero-order valence-electron chi connectivity index (χ0n) is 23.9. The van der Waals surface area contributed by atoms with Crippen molar-refractivity contribution in [3.05, 3.63) is 78.1 Å². The van der Waals surface area contributed by atoms with Gasteiger partial charge in [0.05, 0.1) is 12.9 Å². The number of rotatable bonds is 9. The molecule has 4 heterocycles. The van der Waals surface area contributed by atoms with Crippen molar-refractivity contribution in [2.24, 2.45) is 5.73 Å². The summed E-state index contributed by atoms with van der Waals surface area (Å²) >= 11 is 0. The second-order valence-electron chi connectivity index (χ2n) is 11.1. The SMILES string of the molecule is N[C@@H]1CCN(c2nc(NCC(c3ccccc3)c3ccccc3)c3ncn([C@@H]4O[C@H](CO)[C@@H](O)[C@H]4OC(=O)C(F)(F)F)c3n2)C1. The summed E-state index contributed by atoms with van der Waals surface area (Å²) in [6.45, 7) is 0.729. The highest BCUT2D eigenvalue weighted by Crippen LogP contribution is 2.37. The van der Waals surface area contributed by atoms with Gasteiger partial charge in [-0.15, -0.1) is 0 Å². The number of anilines is 2. The first-order valence-corrected chi connectivity index (χ1v) is 14.4. The predicted octanol–water partition coefficient (Wildman–Crippen LogP) is 2.33. The average Bonchev–Trinajstić information content (AvgIpc) is 3.75. The number of aromatic nitrogens is 4. The Morgan fingerprint density at radius 2 is 1.78 bits per heavy atom. The molecule has 0 radical (unpaired) electrons. The molecule has 2 fully saturated rings. The van der Waals surface area contributed by atoms with E-state index in [1.165, 1.54) is 10.9 Å². The number of halogens is 3. The monoisotopic (exact) mass is 627 g/mol. The number of carbonyl (C=O) groups is 1. The molecule has 4 aromatic rings. The maximum atomic E-state index is 13.1. The molecule has 15 heteroatoms. The molecule has 0 bridgehead atoms. The minimum absolute atomic E-state index is 0.0760. The Balaban J connectivity index is 1.39. The first-order valence-electron chi connectivity index (χ1n) is 14.4. The van der Waals surface area contributed by atoms with Crippen molar-refractivity contribution >= 4 is 28.9 Å². The summed E-state index contributed by atoms with van der Waals surface area (Å²) < 4.78 is 51.0. The molecule has 12 nitrogen and oxygen atoms in total. The van der Waals surface area contributed by atoms with Crippen LogP contribution in [-0.4, -0.2) is 92.5 Å². The highest BCUT2D eigenvalue weighted by molar-refractivity contribution is 5.84. The van der Waals surface area contributed by atoms with Crippen LogP contribution in [0.5, 0.6) is 0 Å². The normalized spacial score (nSPS) is 23.6. The summed E-state index contributed by atoms with van der Waals surface area (Å²) in [5, 5.41) is 23.8. The minimum atomic E-state index is -5.31. The highest BCUT2D eigenvalue weighted by atomic mass is 19.4. The molecule has 2 aliphatic rings. The molecule has 2 aliphatic heterocycles. The Hall–Kier alpha value is -4.31. The number of fused-ring (bicyclic) bond motifs is 1. The number of esters is 1. The number of nitrogens with zero attached hydrogens (tertiary/aromatic N) is 5. The number of hydrogen-bond donors (Lipinski definition) is 4. The summed E-state index contributed by atoms with van der Waals surface area (Å²) in [6.07, 6.45) is -9.72. The zero-order valence-corrected chi connectivity index (χ0v) is 23.9. The van der Waals surface area contributed by atoms with Crippen LogP contribution in [0.1, 0.15) is 29.7 Å². The summed E-state index contributed by atoms with van der Waals surface area (Å²) in [7, 11) is 0. The third-order valence-electron chi connectivity index (χ3n) is 8.04. The number of benzene rings is 2. The van der Waals surface area contributed by atoms with Gasteiger partial charge in [-0.25, -0.2) is 9.78 Å². The van der Waals surface area contributed by atoms with E-state index in [2.05, 4.69) is 20.0 Å². The van der Waals surface area contributed by atoms with Gasteiger partial charge in [0.2, 0.25) is 5.95 Å². The Morgan fingerprint density at radius 1 is 1.11 bits per heavy atom. The molecule has 238 valence electrons. The van der Waals surface area contributed by atoms with Crippen molar-refractivity contribution in [1.82, 2.24) is 19.5 Å². The first-order chi connectivity index (χ1) is 21.6. The number of carbonyl (C=O) groups excluding carboxylic acids is 1. The quantitative estimate of drug-likeness (QED) is 0.202. The fourth-order valence-electron chi connectivity index (χ4n) is 5.73. The van der Waals surface area contributed by atoms with E-state index in [-0.39, 0.29) is 23.1 Å². The van der Waals surface area contributed by atoms with Gasteiger partial charge in [0.25, 0.3) is 0 Å². The van der Waals surface area contributed by atoms with Crippen LogP contribution in [0.25, 0.3) is 11.2 Å². The third kappa shape index (κ3) is 6.29. The molecule has 2 aromatic carbocycles. The van der Waals surface area contributed by atoms with Crippen LogP contribution in [0.4, 0.5) is 24.9 Å². The maximum Gasteiger partial charge on any atom is 0.490 e. The van der Waals surface area contributed by atoms with Crippen molar-refractivity contribution in [3.8, 4) is 0 Å². The van der Waals surface area contributed by atoms with Crippen molar-refractivity contribution in [2.45, 2.75) is 49.1 Å². The molecule has 0 spiro atoms. The summed E-state index contributed by atoms with van der Waals surface area (Å²) in [5.41, 5.74) is 8.71. The number of aliphatic hydroxyl groups is 2. The van der Waals surface area contributed by atoms with Crippen LogP contribution in [-0.2, 0) is 14.3 Å². The fourth-order valence-corrected chi connectivity index (χ4v) is 5.73. The molecule has 2 saturated heterocycles. The van der Waals surface area contributed by atoms with Gasteiger partial charge in [0.1, 0.15) is 12.2 Å². The van der Waals surface area contributed by atoms with Crippen LogP contribution in [0.3, 0.4) is 0 Å². The van der Waals surface area contributed by atoms with Crippen molar-refractivity contribution in [2.75, 3.05) is 36.5 Å². The van der Waals surface area contributed by atoms with Crippen molar-refractivity contribution in [3.63, 3.8) is 0 Å². The van der Waals surface area contributed by atoms with Crippen LogP contribution < -0.4 is 16.0 Å². The van der Waals surface area contributed by atoms with Crippen LogP contribution >= 0.6 is 0 Å². The van der Waals surface area contributed by atoms with E-state index < -0.39 is 43.3 Å². The smallest absolute Gasteiger partial charge is 0.448 e. The second-order valence-corrected chi connectivity index (χ2v) is 11.1. The van der Waals surface area contributed by atoms with Gasteiger partial charge < -0.3 is 35.6 Å². The Bertz CT molecular complexity index is 1590. The molecule has 0 aliphatic carbocycles. The lowest BCUT2D eigenvalue weighted by atomic mass is 9.91. The molecular weight excluding hydrogens is 595 g/mol. The van der Waals surface area contributed by atoms with Gasteiger partial charge in [-0.3, -0.25) is 4.57 Å². The van der Waals surface area contributed by atoms with E-state index in [0.29, 0.717) is 37.8 Å². The topological polar surface area (TPSA) is 161 Å². The number of nitrogens with one attached hydrogen (secondary N) is 1. The molecule has 0 amide bonds. The molecule has 6 rings (SSSR count). The van der Waals surface area contributed by atoms with Crippen LogP contribution in [0, 0.1) is 0 Å². The zero-order chi connectivity index (χ0) is 31.7. The molecular formula is C30H32F3N7O5. The average molecular weight is 628 g/mol. The first kappa shape index (κ1) is 30.7. The predicted molar refractivity (Wildman–Crippen MR) is 156 cm³/mol. The Kier molecular flexibility index (Phi) is 8.59. The van der Waals surface area contributed by atoms with Gasteiger partial charge in [-0.1, -0.05) is 60.7 Å². The van der Waals surface area contributed by atoms with E-state index >= 15 is 0 Å². The second kappa shape index (κ2) is 12.6. The highest BCUT2D eigenvalue weighted by Gasteiger charge is 2.51. The summed E-state index contributed by atoms with van der Waals surface area (Å²) in [5.74, 6) is -1.92. The van der Waals surface area contributed by atoms with E-state index in [0.717, 1.165) is 11.1 Å². The third-order valence-corrected chi connectivity index (χ3v) is 8.04. The van der Waals surface area contributed by atoms with Gasteiger partial charge in [-0.2, -0.15) is 23.1 Å². The van der Waals surface area contributed by atoms with E-state index in [9.17, 15) is 28.2 Å². The van der Waals surface area contributed by atoms with Crippen molar-refractivity contribution < 1.29 is 37.7 Å². The lowest BCUT2D eigenvalue weighted by Crippen LogP contribution is -2.40. The van der Waals surface area contributed by atoms with Gasteiger partial charge in [0.15, 0.2) is 29.3 Å². The van der Waals surface area contributed by atoms with Gasteiger partial charge in [-0.05, 0) is 17.5 Å². The fraction of sp³-hybridized carbons (Fsp3) is 0.400. The van der Waals surface area contributed by atoms with Crippen LogP contribution in [0.2, 0.25) is 0 Å². The number of hydrogen-bond acceptors (Lipinski definition) is 11. The molecule has 2 aromatic heterocycles. The van der Waals surface area contributed by atoms with Gasteiger partial charge in [0, 0.05) is 31.6 Å². The summed E-state index contributed by atoms with van der Waals surface area (Å²) in [4.78, 5) is 27.6. The molecule has 45 heavy (non-hydrogen) atoms. The molecule has 5 N–H and O–H groups in total. The van der Waals surface area contributed by atoms with Gasteiger partial charge >= 0.3 is 12.1 Å². The van der Waals surface area contributed by atoms with E-state index in [1.807, 2.05) is 65.6 Å². The van der Waals surface area contributed by atoms with E-state index in [4.69, 9.17) is 15.5 Å². The van der Waals surface area contributed by atoms with Crippen molar-refractivity contribution in [1.29, 1.82) is 0 Å². The van der Waals surface area contributed by atoms with E-state index in [1.54, 1.807) is 0 Å². The standard InChI is InChI=1S/C30H32F3N7O5/c31-30(32,33)28(43)45-24-23(42)21(15-41)44-27(24)40-16-36-22-25(37-29(38-26(22)40)39-12-11-19(34)14-39)35-13-20(17-7-3-1-4-8-17)18-9-5-2-6-10-18/h1-10,16,19-21,23-24,27,41-42H,11-15,34H2,(H,35,37,38)/t19-,21-,23-,24-,27-/m1/s1. The largest absolute Gasteiger partial charge is 0.490 e.